The van der Waals surface area contributed by atoms with Gasteiger partial charge in [0.1, 0.15) is 5.75 Å². The Morgan fingerprint density at radius 2 is 1.87 bits per heavy atom. The molecule has 7 heteroatoms. The predicted octanol–water partition coefficient (Wildman–Crippen LogP) is 3.73. The van der Waals surface area contributed by atoms with Gasteiger partial charge in [0.05, 0.1) is 18.6 Å². The molecule has 0 N–H and O–H groups in total. The fraction of sp³-hybridized carbons (Fsp3) is 0.375. The van der Waals surface area contributed by atoms with E-state index in [1.54, 1.807) is 31.4 Å². The summed E-state index contributed by atoms with van der Waals surface area (Å²) in [6.45, 7) is 0.595. The molecular weight excluding hydrogens is 416 g/mol. The second-order valence-electron chi connectivity index (χ2n) is 8.16. The van der Waals surface area contributed by atoms with Gasteiger partial charge in [-0.2, -0.15) is 0 Å². The minimum Gasteiger partial charge on any atom is -0.496 e. The molecule has 4 rings (SSSR count). The highest BCUT2D eigenvalue weighted by molar-refractivity contribution is 6.32. The third-order valence-electron chi connectivity index (χ3n) is 6.45. The number of methoxy groups -OCH3 is 1. The molecule has 162 valence electrons. The second kappa shape index (κ2) is 8.35. The number of hydrogen-bond donors (Lipinski definition) is 0. The van der Waals surface area contributed by atoms with Crippen LogP contribution in [-0.4, -0.2) is 48.2 Å². The van der Waals surface area contributed by atoms with Gasteiger partial charge in [0, 0.05) is 37.0 Å². The number of amides is 3. The third kappa shape index (κ3) is 3.59. The van der Waals surface area contributed by atoms with E-state index in [1.807, 2.05) is 29.2 Å². The van der Waals surface area contributed by atoms with Gasteiger partial charge in [0.15, 0.2) is 0 Å². The Bertz CT molecular complexity index is 1040. The molecule has 0 bridgehead atoms. The first-order chi connectivity index (χ1) is 14.9. The first kappa shape index (κ1) is 21.4. The van der Waals surface area contributed by atoms with Crippen LogP contribution in [0.5, 0.6) is 5.75 Å². The summed E-state index contributed by atoms with van der Waals surface area (Å²) in [7, 11) is 3.08. The summed E-state index contributed by atoms with van der Waals surface area (Å²) >= 11 is 6.44. The van der Waals surface area contributed by atoms with Crippen LogP contribution >= 0.6 is 11.6 Å². The summed E-state index contributed by atoms with van der Waals surface area (Å²) in [5, 5.41) is 0.384. The number of hydrogen-bond acceptors (Lipinski definition) is 4. The van der Waals surface area contributed by atoms with Crippen LogP contribution in [0.2, 0.25) is 5.02 Å². The second-order valence-corrected chi connectivity index (χ2v) is 8.57. The third-order valence-corrected chi connectivity index (χ3v) is 6.78. The highest BCUT2D eigenvalue weighted by atomic mass is 35.5. The SMILES string of the molecule is COc1ccccc1[C@H]1CCCN1C(=O)C[C@@]1(c2ccccc2Cl)CC(=O)N(C)C1=O. The van der Waals surface area contributed by atoms with E-state index in [4.69, 9.17) is 16.3 Å². The largest absolute Gasteiger partial charge is 0.496 e. The van der Waals surface area contributed by atoms with Crippen LogP contribution in [0.25, 0.3) is 0 Å². The van der Waals surface area contributed by atoms with Crippen molar-refractivity contribution in [3.63, 3.8) is 0 Å². The van der Waals surface area contributed by atoms with Gasteiger partial charge in [0.25, 0.3) is 0 Å². The molecule has 3 amide bonds. The molecule has 0 aliphatic carbocycles. The molecule has 0 aromatic heterocycles. The molecule has 2 saturated heterocycles. The lowest BCUT2D eigenvalue weighted by Crippen LogP contribution is -2.42. The number of carbonyl (C=O) groups excluding carboxylic acids is 3. The van der Waals surface area contributed by atoms with E-state index in [0.717, 1.165) is 29.1 Å². The van der Waals surface area contributed by atoms with Crippen LogP contribution in [0.3, 0.4) is 0 Å². The molecular formula is C24H25ClN2O4. The van der Waals surface area contributed by atoms with Crippen LogP contribution in [0.4, 0.5) is 0 Å². The van der Waals surface area contributed by atoms with Gasteiger partial charge < -0.3 is 9.64 Å². The molecule has 2 aromatic rings. The highest BCUT2D eigenvalue weighted by Gasteiger charge is 2.54. The van der Waals surface area contributed by atoms with Gasteiger partial charge in [-0.1, -0.05) is 48.0 Å². The molecule has 0 unspecified atom stereocenters. The molecule has 2 heterocycles. The van der Waals surface area contributed by atoms with Gasteiger partial charge >= 0.3 is 0 Å². The molecule has 0 radical (unpaired) electrons. The molecule has 31 heavy (non-hydrogen) atoms. The van der Waals surface area contributed by atoms with Gasteiger partial charge in [-0.3, -0.25) is 19.3 Å². The Morgan fingerprint density at radius 1 is 1.16 bits per heavy atom. The number of ether oxygens (including phenoxy) is 1. The molecule has 2 fully saturated rings. The van der Waals surface area contributed by atoms with E-state index in [9.17, 15) is 14.4 Å². The molecule has 2 aliphatic rings. The molecule has 0 spiro atoms. The van der Waals surface area contributed by atoms with E-state index in [-0.39, 0.29) is 36.6 Å². The zero-order valence-electron chi connectivity index (χ0n) is 17.6. The fourth-order valence-electron chi connectivity index (χ4n) is 4.87. The Kier molecular flexibility index (Phi) is 5.75. The number of nitrogens with zero attached hydrogens (tertiary/aromatic N) is 2. The van der Waals surface area contributed by atoms with Gasteiger partial charge in [-0.25, -0.2) is 0 Å². The van der Waals surface area contributed by atoms with Gasteiger partial charge in [-0.05, 0) is 30.5 Å². The Morgan fingerprint density at radius 3 is 2.55 bits per heavy atom. The number of benzene rings is 2. The minimum absolute atomic E-state index is 0.0645. The number of rotatable bonds is 5. The van der Waals surface area contributed by atoms with Crippen molar-refractivity contribution in [1.29, 1.82) is 0 Å². The van der Waals surface area contributed by atoms with Crippen molar-refractivity contribution < 1.29 is 19.1 Å². The van der Waals surface area contributed by atoms with Crippen molar-refractivity contribution >= 4 is 29.3 Å². The van der Waals surface area contributed by atoms with E-state index in [2.05, 4.69) is 0 Å². The van der Waals surface area contributed by atoms with Crippen LogP contribution in [0, 0.1) is 0 Å². The lowest BCUT2D eigenvalue weighted by atomic mass is 9.75. The van der Waals surface area contributed by atoms with Crippen molar-refractivity contribution in [2.24, 2.45) is 0 Å². The summed E-state index contributed by atoms with van der Waals surface area (Å²) in [5.74, 6) is -0.114. The minimum atomic E-state index is -1.28. The topological polar surface area (TPSA) is 66.9 Å². The average Bonchev–Trinajstić information content (AvgIpc) is 3.34. The van der Waals surface area contributed by atoms with E-state index in [0.29, 0.717) is 17.1 Å². The molecule has 2 aliphatic heterocycles. The maximum absolute atomic E-state index is 13.6. The number of imide groups is 1. The highest BCUT2D eigenvalue weighted by Crippen LogP contribution is 2.44. The van der Waals surface area contributed by atoms with Crippen molar-refractivity contribution in [2.45, 2.75) is 37.1 Å². The quantitative estimate of drug-likeness (QED) is 0.664. The standard InChI is InChI=1S/C24H25ClN2O4/c1-26-21(28)14-24(23(26)30,17-9-4-5-10-18(17)25)15-22(29)27-13-7-11-19(27)16-8-3-6-12-20(16)31-2/h3-6,8-10,12,19H,7,11,13-15H2,1-2H3/t19-,24-/m1/s1. The number of carbonyl (C=O) groups is 3. The monoisotopic (exact) mass is 440 g/mol. The maximum atomic E-state index is 13.6. The summed E-state index contributed by atoms with van der Waals surface area (Å²) in [6.07, 6.45) is 1.51. The van der Waals surface area contributed by atoms with Crippen LogP contribution in [-0.2, 0) is 19.8 Å². The molecule has 0 saturated carbocycles. The van der Waals surface area contributed by atoms with E-state index >= 15 is 0 Å². The Labute approximate surface area is 186 Å². The van der Waals surface area contributed by atoms with Crippen LogP contribution < -0.4 is 4.74 Å². The smallest absolute Gasteiger partial charge is 0.240 e. The maximum Gasteiger partial charge on any atom is 0.240 e. The fourth-order valence-corrected chi connectivity index (χ4v) is 5.19. The summed E-state index contributed by atoms with van der Waals surface area (Å²) in [4.78, 5) is 42.2. The Balaban J connectivity index is 1.70. The summed E-state index contributed by atoms with van der Waals surface area (Å²) in [5.41, 5.74) is 0.198. The lowest BCUT2D eigenvalue weighted by Gasteiger charge is -2.32. The van der Waals surface area contributed by atoms with Gasteiger partial charge in [-0.15, -0.1) is 0 Å². The zero-order chi connectivity index (χ0) is 22.2. The first-order valence-corrected chi connectivity index (χ1v) is 10.7. The lowest BCUT2D eigenvalue weighted by molar-refractivity contribution is -0.141. The Hall–Kier alpha value is -2.86. The molecule has 2 atom stereocenters. The number of halogens is 1. The normalized spacial score (nSPS) is 23.5. The average molecular weight is 441 g/mol. The summed E-state index contributed by atoms with van der Waals surface area (Å²) < 4.78 is 5.51. The first-order valence-electron chi connectivity index (χ1n) is 10.4. The van der Waals surface area contributed by atoms with Gasteiger partial charge in [0.2, 0.25) is 17.7 Å². The van der Waals surface area contributed by atoms with Crippen molar-refractivity contribution in [3.8, 4) is 5.75 Å². The van der Waals surface area contributed by atoms with E-state index in [1.165, 1.54) is 7.05 Å². The van der Waals surface area contributed by atoms with Crippen molar-refractivity contribution in [1.82, 2.24) is 9.80 Å². The van der Waals surface area contributed by atoms with Crippen LogP contribution in [0.1, 0.15) is 42.9 Å². The van der Waals surface area contributed by atoms with Crippen molar-refractivity contribution in [3.05, 3.63) is 64.7 Å². The van der Waals surface area contributed by atoms with Crippen LogP contribution in [0.15, 0.2) is 48.5 Å². The zero-order valence-corrected chi connectivity index (χ0v) is 18.4. The number of para-hydroxylation sites is 1. The number of likely N-dealkylation sites (N-methyl/N-ethyl adjacent to an activating group) is 1. The number of likely N-dealkylation sites (tertiary alicyclic amines) is 2. The predicted molar refractivity (Wildman–Crippen MR) is 117 cm³/mol. The summed E-state index contributed by atoms with van der Waals surface area (Å²) in [6, 6.07) is 14.5. The van der Waals surface area contributed by atoms with Crippen molar-refractivity contribution in [2.75, 3.05) is 20.7 Å². The molecule has 6 nitrogen and oxygen atoms in total. The molecule has 2 aromatic carbocycles. The van der Waals surface area contributed by atoms with E-state index < -0.39 is 5.41 Å².